The number of halogens is 2. The molecule has 4 heteroatoms. The van der Waals surface area contributed by atoms with E-state index in [9.17, 15) is 4.79 Å². The summed E-state index contributed by atoms with van der Waals surface area (Å²) in [6, 6.07) is 8.31. The quantitative estimate of drug-likeness (QED) is 0.530. The third-order valence-corrected chi connectivity index (χ3v) is 4.61. The highest BCUT2D eigenvalue weighted by Crippen LogP contribution is 2.24. The lowest BCUT2D eigenvalue weighted by molar-refractivity contribution is 0.0730. The van der Waals surface area contributed by atoms with Gasteiger partial charge in [-0.3, -0.25) is 4.79 Å². The van der Waals surface area contributed by atoms with Crippen LogP contribution < -0.4 is 0 Å². The number of carbonyl (C=O) groups is 1. The molecule has 0 aliphatic carbocycles. The van der Waals surface area contributed by atoms with E-state index in [0.29, 0.717) is 6.04 Å². The molecule has 0 radical (unpaired) electrons. The summed E-state index contributed by atoms with van der Waals surface area (Å²) in [6.45, 7) is 0.914. The highest BCUT2D eigenvalue weighted by atomic mass is 127. The van der Waals surface area contributed by atoms with Gasteiger partial charge < -0.3 is 4.90 Å². The Morgan fingerprint density at radius 1 is 1.50 bits per heavy atom. The first-order valence-corrected chi connectivity index (χ1v) is 8.55. The van der Waals surface area contributed by atoms with Crippen LogP contribution in [0.4, 0.5) is 0 Å². The van der Waals surface area contributed by atoms with Gasteiger partial charge in [0.15, 0.2) is 0 Å². The van der Waals surface area contributed by atoms with Gasteiger partial charge in [-0.05, 0) is 66.5 Å². The average Bonchev–Trinajstić information content (AvgIpc) is 2.83. The van der Waals surface area contributed by atoms with Crippen molar-refractivity contribution in [3.8, 4) is 0 Å². The third-order valence-electron chi connectivity index (χ3n) is 3.38. The first-order valence-electron chi connectivity index (χ1n) is 6.35. The molecule has 1 saturated heterocycles. The molecule has 1 unspecified atom stereocenters. The molecule has 98 valence electrons. The zero-order chi connectivity index (χ0) is 13.0. The number of alkyl halides is 1. The van der Waals surface area contributed by atoms with Crippen molar-refractivity contribution in [2.75, 3.05) is 11.9 Å². The fourth-order valence-corrected chi connectivity index (χ4v) is 3.37. The van der Waals surface area contributed by atoms with Gasteiger partial charge in [0, 0.05) is 27.1 Å². The number of benzene rings is 1. The number of carbonyl (C=O) groups excluding carboxylic acids is 1. The van der Waals surface area contributed by atoms with Crippen molar-refractivity contribution in [3.63, 3.8) is 0 Å². The van der Waals surface area contributed by atoms with E-state index >= 15 is 0 Å². The predicted octanol–water partition coefficient (Wildman–Crippen LogP) is 4.07. The van der Waals surface area contributed by atoms with E-state index in [4.69, 9.17) is 0 Å². The molecule has 2 rings (SSSR count). The molecule has 0 spiro atoms. The molecule has 18 heavy (non-hydrogen) atoms. The normalized spacial score (nSPS) is 19.2. The lowest BCUT2D eigenvalue weighted by Crippen LogP contribution is -2.35. The SMILES string of the molecule is O=C(c1cccc(I)c1)N1CCCC1CCCBr. The number of hydrogen-bond donors (Lipinski definition) is 0. The van der Waals surface area contributed by atoms with Gasteiger partial charge in [-0.15, -0.1) is 0 Å². The largest absolute Gasteiger partial charge is 0.336 e. The van der Waals surface area contributed by atoms with Crippen molar-refractivity contribution in [1.82, 2.24) is 4.90 Å². The Morgan fingerprint density at radius 3 is 3.06 bits per heavy atom. The summed E-state index contributed by atoms with van der Waals surface area (Å²) in [5.74, 6) is 0.200. The summed E-state index contributed by atoms with van der Waals surface area (Å²) in [4.78, 5) is 14.5. The fourth-order valence-electron chi connectivity index (χ4n) is 2.50. The van der Waals surface area contributed by atoms with Crippen molar-refractivity contribution < 1.29 is 4.79 Å². The van der Waals surface area contributed by atoms with E-state index in [-0.39, 0.29) is 5.91 Å². The van der Waals surface area contributed by atoms with Crippen LogP contribution in [0.5, 0.6) is 0 Å². The number of hydrogen-bond acceptors (Lipinski definition) is 1. The van der Waals surface area contributed by atoms with E-state index < -0.39 is 0 Å². The molecule has 1 aromatic rings. The fraction of sp³-hybridized carbons (Fsp3) is 0.500. The van der Waals surface area contributed by atoms with Crippen LogP contribution in [0.2, 0.25) is 0 Å². The Hall–Kier alpha value is -0.100. The van der Waals surface area contributed by atoms with Gasteiger partial charge in [0.1, 0.15) is 0 Å². The lowest BCUT2D eigenvalue weighted by atomic mass is 10.1. The Morgan fingerprint density at radius 2 is 2.33 bits per heavy atom. The van der Waals surface area contributed by atoms with Crippen LogP contribution in [0.25, 0.3) is 0 Å². The predicted molar refractivity (Wildman–Crippen MR) is 86.2 cm³/mol. The minimum absolute atomic E-state index is 0.200. The summed E-state index contributed by atoms with van der Waals surface area (Å²) in [7, 11) is 0. The molecule has 1 aliphatic rings. The lowest BCUT2D eigenvalue weighted by Gasteiger charge is -2.24. The Kier molecular flexibility index (Phi) is 5.48. The van der Waals surface area contributed by atoms with Crippen molar-refractivity contribution in [2.45, 2.75) is 31.7 Å². The van der Waals surface area contributed by atoms with E-state index in [0.717, 1.165) is 46.7 Å². The second kappa shape index (κ2) is 6.89. The van der Waals surface area contributed by atoms with Crippen LogP contribution in [0.15, 0.2) is 24.3 Å². The minimum Gasteiger partial charge on any atom is -0.336 e. The van der Waals surface area contributed by atoms with Crippen molar-refractivity contribution in [1.29, 1.82) is 0 Å². The molecule has 0 saturated carbocycles. The Balaban J connectivity index is 2.08. The summed E-state index contributed by atoms with van der Waals surface area (Å²) in [6.07, 6.45) is 4.55. The van der Waals surface area contributed by atoms with E-state index in [1.54, 1.807) is 0 Å². The van der Waals surface area contributed by atoms with Crippen LogP contribution in [-0.4, -0.2) is 28.7 Å². The van der Waals surface area contributed by atoms with Gasteiger partial charge in [-0.1, -0.05) is 22.0 Å². The maximum absolute atomic E-state index is 12.5. The van der Waals surface area contributed by atoms with Crippen LogP contribution in [0, 0.1) is 3.57 Å². The summed E-state index contributed by atoms with van der Waals surface area (Å²) in [5.41, 5.74) is 0.827. The van der Waals surface area contributed by atoms with Crippen LogP contribution in [0.3, 0.4) is 0 Å². The highest BCUT2D eigenvalue weighted by molar-refractivity contribution is 14.1. The third kappa shape index (κ3) is 3.47. The number of nitrogens with zero attached hydrogens (tertiary/aromatic N) is 1. The Bertz CT molecular complexity index is 424. The zero-order valence-corrected chi connectivity index (χ0v) is 14.0. The maximum atomic E-state index is 12.5. The zero-order valence-electron chi connectivity index (χ0n) is 10.2. The van der Waals surface area contributed by atoms with Gasteiger partial charge in [0.05, 0.1) is 0 Å². The molecular weight excluding hydrogens is 405 g/mol. The first-order chi connectivity index (χ1) is 8.72. The smallest absolute Gasteiger partial charge is 0.254 e. The molecular formula is C14H17BrINO. The molecule has 0 bridgehead atoms. The van der Waals surface area contributed by atoms with E-state index in [1.807, 2.05) is 24.3 Å². The van der Waals surface area contributed by atoms with Crippen molar-refractivity contribution in [3.05, 3.63) is 33.4 Å². The second-order valence-electron chi connectivity index (χ2n) is 4.64. The van der Waals surface area contributed by atoms with E-state index in [2.05, 4.69) is 43.4 Å². The Labute approximate surface area is 130 Å². The minimum atomic E-state index is 0.200. The van der Waals surface area contributed by atoms with Gasteiger partial charge in [0.25, 0.3) is 5.91 Å². The molecule has 1 aliphatic heterocycles. The highest BCUT2D eigenvalue weighted by Gasteiger charge is 2.28. The van der Waals surface area contributed by atoms with Crippen LogP contribution >= 0.6 is 38.5 Å². The monoisotopic (exact) mass is 421 g/mol. The molecule has 0 aromatic heterocycles. The van der Waals surface area contributed by atoms with Crippen LogP contribution in [0.1, 0.15) is 36.0 Å². The number of likely N-dealkylation sites (tertiary alicyclic amines) is 1. The second-order valence-corrected chi connectivity index (χ2v) is 6.67. The summed E-state index contributed by atoms with van der Waals surface area (Å²) >= 11 is 5.72. The standard InChI is InChI=1S/C14H17BrINO/c15-8-2-6-13-7-3-9-17(13)14(18)11-4-1-5-12(16)10-11/h1,4-5,10,13H,2-3,6-9H2. The van der Waals surface area contributed by atoms with E-state index in [1.165, 1.54) is 0 Å². The van der Waals surface area contributed by atoms with Crippen molar-refractivity contribution >= 4 is 44.4 Å². The summed E-state index contributed by atoms with van der Waals surface area (Å²) < 4.78 is 1.12. The molecule has 0 N–H and O–H groups in total. The molecule has 1 aromatic carbocycles. The van der Waals surface area contributed by atoms with Crippen molar-refractivity contribution in [2.24, 2.45) is 0 Å². The number of rotatable bonds is 4. The molecule has 1 amide bonds. The van der Waals surface area contributed by atoms with Crippen LogP contribution in [-0.2, 0) is 0 Å². The maximum Gasteiger partial charge on any atom is 0.254 e. The van der Waals surface area contributed by atoms with Gasteiger partial charge in [0.2, 0.25) is 0 Å². The molecule has 1 atom stereocenters. The van der Waals surface area contributed by atoms with Gasteiger partial charge in [-0.2, -0.15) is 0 Å². The topological polar surface area (TPSA) is 20.3 Å². The molecule has 1 fully saturated rings. The molecule has 2 nitrogen and oxygen atoms in total. The average molecular weight is 422 g/mol. The first kappa shape index (κ1) is 14.3. The van der Waals surface area contributed by atoms with Gasteiger partial charge in [-0.25, -0.2) is 0 Å². The number of amides is 1. The van der Waals surface area contributed by atoms with Gasteiger partial charge >= 0.3 is 0 Å². The molecule has 1 heterocycles. The summed E-state index contributed by atoms with van der Waals surface area (Å²) in [5, 5.41) is 1.02.